The third-order valence-corrected chi connectivity index (χ3v) is 4.13. The van der Waals surface area contributed by atoms with Gasteiger partial charge in [-0.05, 0) is 44.6 Å². The van der Waals surface area contributed by atoms with E-state index in [2.05, 4.69) is 58.1 Å². The molecule has 0 saturated carbocycles. The van der Waals surface area contributed by atoms with Gasteiger partial charge in [0, 0.05) is 25.0 Å². The van der Waals surface area contributed by atoms with Crippen LogP contribution in [-0.4, -0.2) is 40.4 Å². The van der Waals surface area contributed by atoms with Gasteiger partial charge in [-0.1, -0.05) is 24.3 Å². The molecule has 0 amide bonds. The summed E-state index contributed by atoms with van der Waals surface area (Å²) >= 11 is 0. The lowest BCUT2D eigenvalue weighted by Gasteiger charge is -2.24. The van der Waals surface area contributed by atoms with Crippen LogP contribution in [0.3, 0.4) is 0 Å². The van der Waals surface area contributed by atoms with E-state index in [9.17, 15) is 0 Å². The second-order valence-electron chi connectivity index (χ2n) is 6.14. The van der Waals surface area contributed by atoms with Crippen molar-refractivity contribution in [1.82, 2.24) is 19.8 Å². The number of nitrogens with zero attached hydrogens (tertiary/aromatic N) is 3. The fourth-order valence-electron chi connectivity index (χ4n) is 3.18. The van der Waals surface area contributed by atoms with Crippen LogP contribution < -0.4 is 0 Å². The predicted octanol–water partition coefficient (Wildman–Crippen LogP) is 2.81. The second-order valence-corrected chi connectivity index (χ2v) is 6.14. The maximum atomic E-state index is 4.35. The summed E-state index contributed by atoms with van der Waals surface area (Å²) in [7, 11) is 4.21. The zero-order valence-electron chi connectivity index (χ0n) is 12.9. The van der Waals surface area contributed by atoms with Crippen molar-refractivity contribution in [3.63, 3.8) is 0 Å². The average molecular weight is 284 g/mol. The Bertz CT molecular complexity index is 545. The molecule has 0 bridgehead atoms. The zero-order chi connectivity index (χ0) is 14.7. The summed E-state index contributed by atoms with van der Waals surface area (Å²) in [6, 6.07) is 9.65. The topological polar surface area (TPSA) is 35.2 Å². The smallest absolute Gasteiger partial charge is 0.120 e. The maximum Gasteiger partial charge on any atom is 0.120 e. The van der Waals surface area contributed by atoms with E-state index in [1.165, 1.54) is 24.0 Å². The molecule has 1 fully saturated rings. The standard InChI is InChI=1S/C17H24N4/c1-20(2)12-14-5-7-15(8-6-14)16-4-3-11-21(16)13-17-18-9-10-19-17/h5-10,16H,3-4,11-13H2,1-2H3,(H,18,19). The molecule has 112 valence electrons. The summed E-state index contributed by atoms with van der Waals surface area (Å²) in [6.45, 7) is 3.07. The van der Waals surface area contributed by atoms with Crippen LogP contribution in [0.25, 0.3) is 0 Å². The number of nitrogens with one attached hydrogen (secondary N) is 1. The molecule has 1 aromatic heterocycles. The first-order valence-electron chi connectivity index (χ1n) is 7.68. The lowest BCUT2D eigenvalue weighted by atomic mass is 10.0. The Hall–Kier alpha value is -1.65. The lowest BCUT2D eigenvalue weighted by molar-refractivity contribution is 0.243. The first-order valence-corrected chi connectivity index (χ1v) is 7.68. The number of aromatic nitrogens is 2. The van der Waals surface area contributed by atoms with Crippen LogP contribution in [0.15, 0.2) is 36.7 Å². The molecular weight excluding hydrogens is 260 g/mol. The van der Waals surface area contributed by atoms with Crippen molar-refractivity contribution in [2.45, 2.75) is 32.0 Å². The average Bonchev–Trinajstić information content (AvgIpc) is 3.11. The molecule has 1 unspecified atom stereocenters. The van der Waals surface area contributed by atoms with Gasteiger partial charge >= 0.3 is 0 Å². The Kier molecular flexibility index (Phi) is 4.36. The van der Waals surface area contributed by atoms with Gasteiger partial charge in [-0.2, -0.15) is 0 Å². The molecule has 1 saturated heterocycles. The first kappa shape index (κ1) is 14.3. The van der Waals surface area contributed by atoms with Crippen LogP contribution >= 0.6 is 0 Å². The van der Waals surface area contributed by atoms with E-state index in [4.69, 9.17) is 0 Å². The molecule has 1 aromatic carbocycles. The van der Waals surface area contributed by atoms with Gasteiger partial charge in [0.15, 0.2) is 0 Å². The number of hydrogen-bond acceptors (Lipinski definition) is 3. The van der Waals surface area contributed by atoms with Crippen LogP contribution in [0.2, 0.25) is 0 Å². The van der Waals surface area contributed by atoms with Crippen LogP contribution in [0.4, 0.5) is 0 Å². The first-order chi connectivity index (χ1) is 10.2. The number of benzene rings is 1. The Balaban J connectivity index is 1.69. The highest BCUT2D eigenvalue weighted by Crippen LogP contribution is 2.32. The number of likely N-dealkylation sites (tertiary alicyclic amines) is 1. The van der Waals surface area contributed by atoms with Crippen molar-refractivity contribution >= 4 is 0 Å². The number of H-pyrrole nitrogens is 1. The third kappa shape index (κ3) is 3.52. The van der Waals surface area contributed by atoms with Crippen molar-refractivity contribution in [2.75, 3.05) is 20.6 Å². The summed E-state index contributed by atoms with van der Waals surface area (Å²) in [4.78, 5) is 12.3. The molecule has 1 aliphatic heterocycles. The van der Waals surface area contributed by atoms with Crippen LogP contribution in [0, 0.1) is 0 Å². The molecule has 3 rings (SSSR count). The summed E-state index contributed by atoms with van der Waals surface area (Å²) in [5.74, 6) is 1.06. The Morgan fingerprint density at radius 2 is 2.10 bits per heavy atom. The highest BCUT2D eigenvalue weighted by Gasteiger charge is 2.26. The maximum absolute atomic E-state index is 4.35. The van der Waals surface area contributed by atoms with Gasteiger partial charge in [-0.25, -0.2) is 4.98 Å². The highest BCUT2D eigenvalue weighted by molar-refractivity contribution is 5.25. The fraction of sp³-hybridized carbons (Fsp3) is 0.471. The van der Waals surface area contributed by atoms with Gasteiger partial charge in [0.05, 0.1) is 6.54 Å². The van der Waals surface area contributed by atoms with Gasteiger partial charge < -0.3 is 9.88 Å². The van der Waals surface area contributed by atoms with Gasteiger partial charge in [0.1, 0.15) is 5.82 Å². The van der Waals surface area contributed by atoms with E-state index in [0.29, 0.717) is 6.04 Å². The van der Waals surface area contributed by atoms with E-state index in [0.717, 1.165) is 25.5 Å². The van der Waals surface area contributed by atoms with Crippen molar-refractivity contribution in [2.24, 2.45) is 0 Å². The predicted molar refractivity (Wildman–Crippen MR) is 84.8 cm³/mol. The van der Waals surface area contributed by atoms with Crippen LogP contribution in [-0.2, 0) is 13.1 Å². The molecule has 2 heterocycles. The fourth-order valence-corrected chi connectivity index (χ4v) is 3.18. The number of aromatic amines is 1. The van der Waals surface area contributed by atoms with E-state index in [-0.39, 0.29) is 0 Å². The van der Waals surface area contributed by atoms with Gasteiger partial charge in [0.25, 0.3) is 0 Å². The number of hydrogen-bond donors (Lipinski definition) is 1. The van der Waals surface area contributed by atoms with Crippen LogP contribution in [0.5, 0.6) is 0 Å². The lowest BCUT2D eigenvalue weighted by Crippen LogP contribution is -2.23. The quantitative estimate of drug-likeness (QED) is 0.917. The largest absolute Gasteiger partial charge is 0.348 e. The SMILES string of the molecule is CN(C)Cc1ccc(C2CCCN2Cc2ncc[nH]2)cc1. The molecule has 0 spiro atoms. The minimum Gasteiger partial charge on any atom is -0.348 e. The van der Waals surface area contributed by atoms with Crippen LogP contribution in [0.1, 0.15) is 35.8 Å². The molecular formula is C17H24N4. The third-order valence-electron chi connectivity index (χ3n) is 4.13. The van der Waals surface area contributed by atoms with Crippen molar-refractivity contribution in [3.8, 4) is 0 Å². The van der Waals surface area contributed by atoms with E-state index in [1.54, 1.807) is 0 Å². The molecule has 4 heteroatoms. The Labute approximate surface area is 126 Å². The Morgan fingerprint density at radius 3 is 2.76 bits per heavy atom. The zero-order valence-corrected chi connectivity index (χ0v) is 12.9. The van der Waals surface area contributed by atoms with Gasteiger partial charge in [-0.3, -0.25) is 4.90 Å². The molecule has 0 aliphatic carbocycles. The Morgan fingerprint density at radius 1 is 1.29 bits per heavy atom. The molecule has 1 aliphatic rings. The monoisotopic (exact) mass is 284 g/mol. The minimum absolute atomic E-state index is 0.531. The highest BCUT2D eigenvalue weighted by atomic mass is 15.2. The molecule has 21 heavy (non-hydrogen) atoms. The van der Waals surface area contributed by atoms with E-state index in [1.807, 2.05) is 12.4 Å². The molecule has 4 nitrogen and oxygen atoms in total. The van der Waals surface area contributed by atoms with Crippen molar-refractivity contribution in [3.05, 3.63) is 53.6 Å². The van der Waals surface area contributed by atoms with Crippen molar-refractivity contribution < 1.29 is 0 Å². The minimum atomic E-state index is 0.531. The number of rotatable bonds is 5. The summed E-state index contributed by atoms with van der Waals surface area (Å²) in [5.41, 5.74) is 2.81. The van der Waals surface area contributed by atoms with Gasteiger partial charge in [0.2, 0.25) is 0 Å². The normalized spacial score (nSPS) is 19.5. The number of imidazole rings is 1. The summed E-state index contributed by atoms with van der Waals surface area (Å²) in [6.07, 6.45) is 6.24. The second kappa shape index (κ2) is 6.41. The molecule has 1 atom stereocenters. The van der Waals surface area contributed by atoms with E-state index >= 15 is 0 Å². The molecule has 1 N–H and O–H groups in total. The van der Waals surface area contributed by atoms with E-state index < -0.39 is 0 Å². The van der Waals surface area contributed by atoms with Gasteiger partial charge in [-0.15, -0.1) is 0 Å². The summed E-state index contributed by atoms with van der Waals surface area (Å²) in [5, 5.41) is 0. The molecule has 0 radical (unpaired) electrons. The molecule has 2 aromatic rings. The summed E-state index contributed by atoms with van der Waals surface area (Å²) < 4.78 is 0. The van der Waals surface area contributed by atoms with Crippen molar-refractivity contribution in [1.29, 1.82) is 0 Å².